The van der Waals surface area contributed by atoms with Crippen molar-refractivity contribution in [2.75, 3.05) is 6.61 Å². The SMILES string of the molecule is CCON=Cc1ccc2[nH]nc(-c3cccc(C(=O)NC4CC4)c3)c2c1.Cl.Cl. The van der Waals surface area contributed by atoms with Crippen LogP contribution in [-0.2, 0) is 4.84 Å². The molecule has 1 fully saturated rings. The minimum atomic E-state index is -0.0290. The van der Waals surface area contributed by atoms with E-state index < -0.39 is 0 Å². The lowest BCUT2D eigenvalue weighted by atomic mass is 10.0. The average Bonchev–Trinajstić information content (AvgIpc) is 3.38. The normalized spacial score (nSPS) is 13.0. The highest BCUT2D eigenvalue weighted by atomic mass is 35.5. The number of nitrogens with one attached hydrogen (secondary N) is 2. The molecule has 0 atom stereocenters. The molecule has 0 saturated heterocycles. The molecule has 1 heterocycles. The minimum Gasteiger partial charge on any atom is -0.396 e. The number of oxime groups is 1. The number of hydrogen-bond acceptors (Lipinski definition) is 4. The standard InChI is InChI=1S/C20H20N4O2.2ClH/c1-2-26-21-12-13-6-9-18-17(10-13)19(24-23-18)14-4-3-5-15(11-14)20(25)22-16-7-8-16;;/h3-6,9-12,16H,2,7-8H2,1H3,(H,22,25)(H,23,24);2*1H. The zero-order valence-electron chi connectivity index (χ0n) is 15.3. The van der Waals surface area contributed by atoms with Gasteiger partial charge in [-0.05, 0) is 49.6 Å². The number of nitrogens with zero attached hydrogens (tertiary/aromatic N) is 2. The van der Waals surface area contributed by atoms with E-state index in [2.05, 4.69) is 20.7 Å². The van der Waals surface area contributed by atoms with Gasteiger partial charge in [-0.25, -0.2) is 0 Å². The molecule has 1 aliphatic rings. The van der Waals surface area contributed by atoms with E-state index in [0.717, 1.165) is 40.6 Å². The lowest BCUT2D eigenvalue weighted by Gasteiger charge is -2.05. The summed E-state index contributed by atoms with van der Waals surface area (Å²) in [5.74, 6) is -0.0290. The Labute approximate surface area is 175 Å². The summed E-state index contributed by atoms with van der Waals surface area (Å²) < 4.78 is 0. The van der Waals surface area contributed by atoms with Gasteiger partial charge in [0.25, 0.3) is 5.91 Å². The maximum atomic E-state index is 12.3. The van der Waals surface area contributed by atoms with E-state index in [0.29, 0.717) is 18.2 Å². The number of halogens is 2. The summed E-state index contributed by atoms with van der Waals surface area (Å²) in [5.41, 5.74) is 4.23. The first-order valence-corrected chi connectivity index (χ1v) is 8.79. The fourth-order valence-electron chi connectivity index (χ4n) is 2.81. The van der Waals surface area contributed by atoms with Gasteiger partial charge in [0.2, 0.25) is 0 Å². The van der Waals surface area contributed by atoms with Crippen LogP contribution in [0.4, 0.5) is 0 Å². The van der Waals surface area contributed by atoms with E-state index in [9.17, 15) is 4.79 Å². The molecule has 1 saturated carbocycles. The van der Waals surface area contributed by atoms with Crippen LogP contribution in [0.1, 0.15) is 35.7 Å². The largest absolute Gasteiger partial charge is 0.396 e. The molecule has 1 amide bonds. The van der Waals surface area contributed by atoms with Crippen molar-refractivity contribution in [2.24, 2.45) is 5.16 Å². The van der Waals surface area contributed by atoms with Crippen molar-refractivity contribution in [3.63, 3.8) is 0 Å². The molecule has 8 heteroatoms. The lowest BCUT2D eigenvalue weighted by molar-refractivity contribution is 0.0951. The number of fused-ring (bicyclic) bond motifs is 1. The fourth-order valence-corrected chi connectivity index (χ4v) is 2.81. The first-order chi connectivity index (χ1) is 12.7. The summed E-state index contributed by atoms with van der Waals surface area (Å²) in [4.78, 5) is 17.3. The predicted octanol–water partition coefficient (Wildman–Crippen LogP) is 4.34. The van der Waals surface area contributed by atoms with Crippen molar-refractivity contribution in [1.29, 1.82) is 0 Å². The summed E-state index contributed by atoms with van der Waals surface area (Å²) >= 11 is 0. The number of aromatic amines is 1. The second-order valence-corrected chi connectivity index (χ2v) is 6.36. The summed E-state index contributed by atoms with van der Waals surface area (Å²) in [6.45, 7) is 2.42. The van der Waals surface area contributed by atoms with Crippen molar-refractivity contribution in [3.05, 3.63) is 53.6 Å². The molecule has 0 radical (unpaired) electrons. The van der Waals surface area contributed by atoms with Crippen LogP contribution in [0.5, 0.6) is 0 Å². The molecule has 2 aromatic carbocycles. The lowest BCUT2D eigenvalue weighted by Crippen LogP contribution is -2.25. The van der Waals surface area contributed by atoms with Gasteiger partial charge >= 0.3 is 0 Å². The summed E-state index contributed by atoms with van der Waals surface area (Å²) in [7, 11) is 0. The van der Waals surface area contributed by atoms with Crippen LogP contribution >= 0.6 is 24.8 Å². The maximum Gasteiger partial charge on any atom is 0.251 e. The highest BCUT2D eigenvalue weighted by molar-refractivity contribution is 5.99. The Morgan fingerprint density at radius 2 is 2.11 bits per heavy atom. The highest BCUT2D eigenvalue weighted by Gasteiger charge is 2.24. The third-order valence-electron chi connectivity index (χ3n) is 4.30. The number of aromatic nitrogens is 2. The predicted molar refractivity (Wildman–Crippen MR) is 116 cm³/mol. The molecule has 0 unspecified atom stereocenters. The first-order valence-electron chi connectivity index (χ1n) is 8.79. The van der Waals surface area contributed by atoms with Gasteiger partial charge in [0.15, 0.2) is 0 Å². The molecule has 0 spiro atoms. The minimum absolute atomic E-state index is 0. The number of amides is 1. The van der Waals surface area contributed by atoms with Gasteiger partial charge in [-0.2, -0.15) is 5.10 Å². The summed E-state index contributed by atoms with van der Waals surface area (Å²) in [6.07, 6.45) is 3.82. The fraction of sp³-hybridized carbons (Fsp3) is 0.250. The van der Waals surface area contributed by atoms with Crippen LogP contribution in [0, 0.1) is 0 Å². The van der Waals surface area contributed by atoms with Gasteiger partial charge in [0.05, 0.1) is 17.4 Å². The number of hydrogen-bond donors (Lipinski definition) is 2. The van der Waals surface area contributed by atoms with E-state index in [-0.39, 0.29) is 30.7 Å². The second-order valence-electron chi connectivity index (χ2n) is 6.36. The van der Waals surface area contributed by atoms with Crippen LogP contribution in [0.3, 0.4) is 0 Å². The highest BCUT2D eigenvalue weighted by Crippen LogP contribution is 2.28. The van der Waals surface area contributed by atoms with Crippen LogP contribution < -0.4 is 5.32 Å². The van der Waals surface area contributed by atoms with Crippen LogP contribution in [0.15, 0.2) is 47.6 Å². The van der Waals surface area contributed by atoms with Crippen LogP contribution in [-0.4, -0.2) is 35.0 Å². The first kappa shape index (κ1) is 21.7. The summed E-state index contributed by atoms with van der Waals surface area (Å²) in [5, 5.41) is 15.4. The molecular weight excluding hydrogens is 399 g/mol. The quantitative estimate of drug-likeness (QED) is 0.459. The molecule has 1 aromatic heterocycles. The Kier molecular flexibility index (Phi) is 7.43. The summed E-state index contributed by atoms with van der Waals surface area (Å²) in [6, 6.07) is 13.8. The zero-order valence-corrected chi connectivity index (χ0v) is 17.0. The molecule has 1 aliphatic carbocycles. The molecular formula is C20H22Cl2N4O2. The number of carbonyl (C=O) groups is 1. The van der Waals surface area contributed by atoms with Crippen molar-refractivity contribution >= 4 is 47.8 Å². The number of carbonyl (C=O) groups excluding carboxylic acids is 1. The van der Waals surface area contributed by atoms with Crippen molar-refractivity contribution in [1.82, 2.24) is 15.5 Å². The zero-order chi connectivity index (χ0) is 17.9. The molecule has 6 nitrogen and oxygen atoms in total. The van der Waals surface area contributed by atoms with Gasteiger partial charge < -0.3 is 10.2 Å². The Morgan fingerprint density at radius 3 is 2.86 bits per heavy atom. The van der Waals surface area contributed by atoms with E-state index in [1.807, 2.05) is 49.4 Å². The molecule has 0 aliphatic heterocycles. The maximum absolute atomic E-state index is 12.3. The average molecular weight is 421 g/mol. The van der Waals surface area contributed by atoms with Gasteiger partial charge in [-0.3, -0.25) is 9.89 Å². The molecule has 0 bridgehead atoms. The molecule has 148 valence electrons. The molecule has 2 N–H and O–H groups in total. The number of rotatable bonds is 6. The van der Waals surface area contributed by atoms with Gasteiger partial charge in [0.1, 0.15) is 6.61 Å². The monoisotopic (exact) mass is 420 g/mol. The van der Waals surface area contributed by atoms with Gasteiger partial charge in [-0.1, -0.05) is 23.4 Å². The number of benzene rings is 2. The van der Waals surface area contributed by atoms with Gasteiger partial charge in [-0.15, -0.1) is 24.8 Å². The Bertz CT molecular complexity index is 983. The third kappa shape index (κ3) is 4.82. The second kappa shape index (κ2) is 9.57. The Morgan fingerprint density at radius 1 is 1.29 bits per heavy atom. The van der Waals surface area contributed by atoms with Gasteiger partial charge in [0, 0.05) is 22.6 Å². The van der Waals surface area contributed by atoms with Crippen molar-refractivity contribution in [2.45, 2.75) is 25.8 Å². The Hall–Kier alpha value is -2.57. The smallest absolute Gasteiger partial charge is 0.251 e. The molecule has 4 rings (SSSR count). The van der Waals surface area contributed by atoms with Crippen LogP contribution in [0.2, 0.25) is 0 Å². The Balaban J connectivity index is 0.00000140. The topological polar surface area (TPSA) is 79.4 Å². The van der Waals surface area contributed by atoms with Crippen LogP contribution in [0.25, 0.3) is 22.2 Å². The van der Waals surface area contributed by atoms with E-state index in [1.54, 1.807) is 6.21 Å². The molecule has 3 aromatic rings. The van der Waals surface area contributed by atoms with E-state index >= 15 is 0 Å². The van der Waals surface area contributed by atoms with E-state index in [4.69, 9.17) is 4.84 Å². The third-order valence-corrected chi connectivity index (χ3v) is 4.30. The van der Waals surface area contributed by atoms with Crippen molar-refractivity contribution in [3.8, 4) is 11.3 Å². The molecule has 28 heavy (non-hydrogen) atoms. The number of H-pyrrole nitrogens is 1. The van der Waals surface area contributed by atoms with E-state index in [1.165, 1.54) is 0 Å². The van der Waals surface area contributed by atoms with Crippen molar-refractivity contribution < 1.29 is 9.63 Å².